The number of guanidine groups is 1. The molecule has 1 aliphatic heterocycles. The highest BCUT2D eigenvalue weighted by molar-refractivity contribution is 5.94. The number of carbonyl (C=O) groups excluding carboxylic acids is 3. The number of hydrogen-bond donors (Lipinski definition) is 6. The average molecular weight is 498 g/mol. The van der Waals surface area contributed by atoms with Gasteiger partial charge in [0.25, 0.3) is 0 Å². The van der Waals surface area contributed by atoms with Gasteiger partial charge in [-0.3, -0.25) is 19.4 Å². The standard InChI is InChI=1S/C23H43N7O5/c1-5-14(4)18(21(33)30-11-7-9-17(30)22(34)35)29-20(32)16(12-13(2)3)28-19(31)15(24)8-6-10-27-23(25)26/h13-18H,5-12,24H2,1-4H3,(H,28,31)(H,29,32)(H,34,35)(H4,25,26,27). The number of carboxylic acids is 1. The highest BCUT2D eigenvalue weighted by Gasteiger charge is 2.40. The molecule has 0 aliphatic carbocycles. The van der Waals surface area contributed by atoms with Crippen LogP contribution in [-0.4, -0.2) is 76.9 Å². The van der Waals surface area contributed by atoms with Gasteiger partial charge < -0.3 is 37.8 Å². The highest BCUT2D eigenvalue weighted by atomic mass is 16.4. The first-order valence-electron chi connectivity index (χ1n) is 12.3. The van der Waals surface area contributed by atoms with E-state index in [1.807, 2.05) is 27.7 Å². The van der Waals surface area contributed by atoms with Crippen LogP contribution >= 0.6 is 0 Å². The minimum absolute atomic E-state index is 0.0364. The Hall–Kier alpha value is -2.89. The normalized spacial score (nSPS) is 18.9. The van der Waals surface area contributed by atoms with Crippen molar-refractivity contribution in [1.29, 1.82) is 0 Å². The topological polar surface area (TPSA) is 206 Å². The first kappa shape index (κ1) is 30.1. The number of aliphatic carboxylic acids is 1. The van der Waals surface area contributed by atoms with E-state index < -0.39 is 47.9 Å². The van der Waals surface area contributed by atoms with Crippen LogP contribution in [0.5, 0.6) is 0 Å². The van der Waals surface area contributed by atoms with E-state index in [9.17, 15) is 24.3 Å². The van der Waals surface area contributed by atoms with Crippen LogP contribution in [0.3, 0.4) is 0 Å². The molecule has 9 N–H and O–H groups in total. The van der Waals surface area contributed by atoms with E-state index >= 15 is 0 Å². The summed E-state index contributed by atoms with van der Waals surface area (Å²) in [5.41, 5.74) is 16.6. The lowest BCUT2D eigenvalue weighted by Crippen LogP contribution is -2.58. The first-order chi connectivity index (χ1) is 16.4. The van der Waals surface area contributed by atoms with Gasteiger partial charge in [-0.1, -0.05) is 34.1 Å². The van der Waals surface area contributed by atoms with Crippen molar-refractivity contribution in [3.63, 3.8) is 0 Å². The van der Waals surface area contributed by atoms with Crippen LogP contribution < -0.4 is 27.8 Å². The lowest BCUT2D eigenvalue weighted by Gasteiger charge is -2.32. The van der Waals surface area contributed by atoms with E-state index in [-0.39, 0.29) is 17.8 Å². The molecule has 1 saturated heterocycles. The maximum absolute atomic E-state index is 13.3. The van der Waals surface area contributed by atoms with E-state index in [1.165, 1.54) is 4.90 Å². The number of nitrogens with one attached hydrogen (secondary N) is 2. The zero-order valence-electron chi connectivity index (χ0n) is 21.3. The molecule has 200 valence electrons. The third kappa shape index (κ3) is 9.71. The van der Waals surface area contributed by atoms with Gasteiger partial charge in [-0.05, 0) is 43.9 Å². The summed E-state index contributed by atoms with van der Waals surface area (Å²) in [6, 6.07) is -3.53. The predicted molar refractivity (Wildman–Crippen MR) is 133 cm³/mol. The summed E-state index contributed by atoms with van der Waals surface area (Å²) >= 11 is 0. The van der Waals surface area contributed by atoms with Crippen molar-refractivity contribution < 1.29 is 24.3 Å². The molecule has 0 aromatic heterocycles. The molecule has 3 amide bonds. The number of hydrogen-bond acceptors (Lipinski definition) is 6. The van der Waals surface area contributed by atoms with Crippen molar-refractivity contribution in [3.05, 3.63) is 0 Å². The molecular formula is C23H43N7O5. The highest BCUT2D eigenvalue weighted by Crippen LogP contribution is 2.21. The Balaban J connectivity index is 2.93. The van der Waals surface area contributed by atoms with Crippen molar-refractivity contribution in [1.82, 2.24) is 15.5 Å². The number of amides is 3. The molecule has 1 fully saturated rings. The number of nitrogens with zero attached hydrogens (tertiary/aromatic N) is 2. The molecule has 0 spiro atoms. The van der Waals surface area contributed by atoms with Gasteiger partial charge in [0.2, 0.25) is 17.7 Å². The fraction of sp³-hybridized carbons (Fsp3) is 0.783. The molecule has 5 unspecified atom stereocenters. The van der Waals surface area contributed by atoms with Crippen molar-refractivity contribution in [2.75, 3.05) is 13.1 Å². The molecule has 0 aromatic carbocycles. The Morgan fingerprint density at radius 1 is 1.11 bits per heavy atom. The van der Waals surface area contributed by atoms with Crippen LogP contribution in [-0.2, 0) is 19.2 Å². The number of carbonyl (C=O) groups is 4. The maximum atomic E-state index is 13.3. The minimum atomic E-state index is -1.05. The van der Waals surface area contributed by atoms with Gasteiger partial charge in [-0.15, -0.1) is 0 Å². The number of carboxylic acid groups (broad SMARTS) is 1. The third-order valence-electron chi connectivity index (χ3n) is 6.24. The first-order valence-corrected chi connectivity index (χ1v) is 12.3. The molecule has 35 heavy (non-hydrogen) atoms. The second-order valence-electron chi connectivity index (χ2n) is 9.65. The van der Waals surface area contributed by atoms with Crippen molar-refractivity contribution in [3.8, 4) is 0 Å². The van der Waals surface area contributed by atoms with E-state index in [2.05, 4.69) is 15.6 Å². The molecule has 12 nitrogen and oxygen atoms in total. The maximum Gasteiger partial charge on any atom is 0.326 e. The second kappa shape index (κ2) is 14.5. The summed E-state index contributed by atoms with van der Waals surface area (Å²) in [7, 11) is 0. The largest absolute Gasteiger partial charge is 0.480 e. The number of aliphatic imine (C=N–C) groups is 1. The Bertz CT molecular complexity index is 769. The Morgan fingerprint density at radius 2 is 1.77 bits per heavy atom. The fourth-order valence-corrected chi connectivity index (χ4v) is 4.03. The zero-order chi connectivity index (χ0) is 26.7. The van der Waals surface area contributed by atoms with Crippen LogP contribution in [0, 0.1) is 11.8 Å². The van der Waals surface area contributed by atoms with Crippen LogP contribution in [0.2, 0.25) is 0 Å². The number of nitrogens with two attached hydrogens (primary N) is 3. The van der Waals surface area contributed by atoms with Crippen LogP contribution in [0.4, 0.5) is 0 Å². The van der Waals surface area contributed by atoms with Gasteiger partial charge in [-0.2, -0.15) is 0 Å². The summed E-state index contributed by atoms with van der Waals surface area (Å²) < 4.78 is 0. The Kier molecular flexibility index (Phi) is 12.5. The van der Waals surface area contributed by atoms with Crippen LogP contribution in [0.25, 0.3) is 0 Å². The molecule has 1 aliphatic rings. The monoisotopic (exact) mass is 497 g/mol. The summed E-state index contributed by atoms with van der Waals surface area (Å²) in [6.45, 7) is 8.23. The fourth-order valence-electron chi connectivity index (χ4n) is 4.03. The predicted octanol–water partition coefficient (Wildman–Crippen LogP) is -0.495. The summed E-state index contributed by atoms with van der Waals surface area (Å²) in [5.74, 6) is -2.62. The van der Waals surface area contributed by atoms with Crippen molar-refractivity contribution in [2.24, 2.45) is 34.0 Å². The van der Waals surface area contributed by atoms with Crippen molar-refractivity contribution in [2.45, 2.75) is 90.4 Å². The van der Waals surface area contributed by atoms with Gasteiger partial charge >= 0.3 is 5.97 Å². The van der Waals surface area contributed by atoms with Crippen LogP contribution in [0.1, 0.15) is 66.2 Å². The van der Waals surface area contributed by atoms with Gasteiger partial charge in [0.15, 0.2) is 5.96 Å². The Labute approximate surface area is 207 Å². The molecule has 12 heteroatoms. The molecule has 0 saturated carbocycles. The van der Waals surface area contributed by atoms with Gasteiger partial charge in [0, 0.05) is 13.1 Å². The minimum Gasteiger partial charge on any atom is -0.480 e. The number of rotatable bonds is 14. The van der Waals surface area contributed by atoms with Gasteiger partial charge in [0.05, 0.1) is 6.04 Å². The Morgan fingerprint density at radius 3 is 2.31 bits per heavy atom. The molecule has 1 heterocycles. The number of likely N-dealkylation sites (tertiary alicyclic amines) is 1. The lowest BCUT2D eigenvalue weighted by molar-refractivity contribution is -0.150. The molecule has 1 rings (SSSR count). The summed E-state index contributed by atoms with van der Waals surface area (Å²) in [6.07, 6.45) is 2.76. The molecule has 0 radical (unpaired) electrons. The SMILES string of the molecule is CCC(C)C(NC(=O)C(CC(C)C)NC(=O)C(N)CCCN=C(N)N)C(=O)N1CCCC1C(=O)O. The molecule has 5 atom stereocenters. The molecule has 0 bridgehead atoms. The lowest BCUT2D eigenvalue weighted by atomic mass is 9.96. The van der Waals surface area contributed by atoms with Gasteiger partial charge in [-0.25, -0.2) is 4.79 Å². The molecule has 0 aromatic rings. The molecular weight excluding hydrogens is 454 g/mol. The quantitative estimate of drug-likeness (QED) is 0.104. The van der Waals surface area contributed by atoms with Crippen LogP contribution in [0.15, 0.2) is 4.99 Å². The summed E-state index contributed by atoms with van der Waals surface area (Å²) in [5, 5.41) is 15.0. The smallest absolute Gasteiger partial charge is 0.326 e. The average Bonchev–Trinajstić information content (AvgIpc) is 3.28. The van der Waals surface area contributed by atoms with E-state index in [4.69, 9.17) is 17.2 Å². The zero-order valence-corrected chi connectivity index (χ0v) is 21.3. The van der Waals surface area contributed by atoms with E-state index in [0.717, 1.165) is 0 Å². The van der Waals surface area contributed by atoms with E-state index in [1.54, 1.807) is 0 Å². The third-order valence-corrected chi connectivity index (χ3v) is 6.24. The van der Waals surface area contributed by atoms with E-state index in [0.29, 0.717) is 51.6 Å². The second-order valence-corrected chi connectivity index (χ2v) is 9.65. The van der Waals surface area contributed by atoms with Crippen molar-refractivity contribution >= 4 is 29.7 Å². The van der Waals surface area contributed by atoms with Gasteiger partial charge in [0.1, 0.15) is 18.1 Å². The summed E-state index contributed by atoms with van der Waals surface area (Å²) in [4.78, 5) is 56.0.